The Morgan fingerprint density at radius 3 is 3.00 bits per heavy atom. The molecule has 0 radical (unpaired) electrons. The quantitative estimate of drug-likeness (QED) is 0.647. The molecule has 0 aromatic carbocycles. The average molecular weight is 174 g/mol. The Hall–Kier alpha value is -0.220. The van der Waals surface area contributed by atoms with Gasteiger partial charge in [-0.1, -0.05) is 13.3 Å². The zero-order chi connectivity index (χ0) is 8.27. The zero-order valence-corrected chi connectivity index (χ0v) is 7.49. The van der Waals surface area contributed by atoms with E-state index in [0.29, 0.717) is 5.37 Å². The fraction of sp³-hybridized carbons (Fsp3) is 0.857. The zero-order valence-electron chi connectivity index (χ0n) is 6.67. The van der Waals surface area contributed by atoms with E-state index in [9.17, 15) is 4.79 Å². The summed E-state index contributed by atoms with van der Waals surface area (Å²) < 4.78 is 0. The first-order chi connectivity index (χ1) is 5.24. The molecule has 0 aromatic heterocycles. The minimum Gasteiger partial charge on any atom is -0.368 e. The molecular weight excluding hydrogens is 160 g/mol. The maximum absolute atomic E-state index is 10.7. The van der Waals surface area contributed by atoms with E-state index in [1.807, 2.05) is 0 Å². The first-order valence-electron chi connectivity index (χ1n) is 3.91. The van der Waals surface area contributed by atoms with Gasteiger partial charge in [-0.25, -0.2) is 0 Å². The van der Waals surface area contributed by atoms with Gasteiger partial charge in [0.1, 0.15) is 0 Å². The van der Waals surface area contributed by atoms with Gasteiger partial charge in [-0.2, -0.15) is 0 Å². The van der Waals surface area contributed by atoms with Gasteiger partial charge in [0, 0.05) is 5.75 Å². The van der Waals surface area contributed by atoms with Gasteiger partial charge in [-0.3, -0.25) is 10.1 Å². The van der Waals surface area contributed by atoms with Crippen LogP contribution in [-0.4, -0.2) is 23.1 Å². The number of hydrogen-bond donors (Lipinski definition) is 2. The molecule has 1 saturated heterocycles. The minimum absolute atomic E-state index is 0.100. The summed E-state index contributed by atoms with van der Waals surface area (Å²) in [5.41, 5.74) is 5.14. The molecule has 1 aliphatic heterocycles. The van der Waals surface area contributed by atoms with Crippen molar-refractivity contribution in [2.75, 3.05) is 5.75 Å². The maximum Gasteiger partial charge on any atom is 0.235 e. The lowest BCUT2D eigenvalue weighted by atomic mass is 10.3. The van der Waals surface area contributed by atoms with Gasteiger partial charge in [0.2, 0.25) is 5.91 Å². The second kappa shape index (κ2) is 3.97. The summed E-state index contributed by atoms with van der Waals surface area (Å²) >= 11 is 1.79. The van der Waals surface area contributed by atoms with Crippen LogP contribution in [0.25, 0.3) is 0 Å². The summed E-state index contributed by atoms with van der Waals surface area (Å²) in [5, 5.41) is 3.62. The summed E-state index contributed by atoms with van der Waals surface area (Å²) in [7, 11) is 0. The van der Waals surface area contributed by atoms with Gasteiger partial charge in [-0.15, -0.1) is 11.8 Å². The highest BCUT2D eigenvalue weighted by molar-refractivity contribution is 8.00. The third-order valence-corrected chi connectivity index (χ3v) is 3.05. The van der Waals surface area contributed by atoms with Crippen molar-refractivity contribution in [1.82, 2.24) is 5.32 Å². The fourth-order valence-electron chi connectivity index (χ4n) is 1.13. The van der Waals surface area contributed by atoms with E-state index in [1.165, 1.54) is 0 Å². The van der Waals surface area contributed by atoms with Crippen LogP contribution in [0.5, 0.6) is 0 Å². The van der Waals surface area contributed by atoms with Crippen molar-refractivity contribution in [3.63, 3.8) is 0 Å². The molecule has 64 valence electrons. The predicted molar refractivity (Wildman–Crippen MR) is 47.3 cm³/mol. The number of carbonyl (C=O) groups excluding carboxylic acids is 1. The molecule has 2 atom stereocenters. The lowest BCUT2D eigenvalue weighted by Gasteiger charge is -2.08. The van der Waals surface area contributed by atoms with Gasteiger partial charge in [0.25, 0.3) is 0 Å². The van der Waals surface area contributed by atoms with E-state index in [1.54, 1.807) is 11.8 Å². The monoisotopic (exact) mass is 174 g/mol. The van der Waals surface area contributed by atoms with Crippen LogP contribution in [0.4, 0.5) is 0 Å². The van der Waals surface area contributed by atoms with E-state index in [-0.39, 0.29) is 11.9 Å². The topological polar surface area (TPSA) is 55.1 Å². The molecular formula is C7H14N2OS. The predicted octanol–water partition coefficient (Wildman–Crippen LogP) is 0.303. The van der Waals surface area contributed by atoms with Gasteiger partial charge >= 0.3 is 0 Å². The van der Waals surface area contributed by atoms with Crippen LogP contribution < -0.4 is 11.1 Å². The molecule has 3 N–H and O–H groups in total. The van der Waals surface area contributed by atoms with Gasteiger partial charge in [0.05, 0.1) is 11.4 Å². The molecule has 0 saturated carbocycles. The Kier molecular flexibility index (Phi) is 3.20. The Labute approximate surface area is 71.1 Å². The molecule has 1 unspecified atom stereocenters. The van der Waals surface area contributed by atoms with Crippen molar-refractivity contribution in [3.8, 4) is 0 Å². The van der Waals surface area contributed by atoms with Crippen LogP contribution in [-0.2, 0) is 4.79 Å². The Morgan fingerprint density at radius 2 is 2.55 bits per heavy atom. The number of nitrogens with one attached hydrogen (secondary N) is 1. The molecule has 0 aliphatic carbocycles. The van der Waals surface area contributed by atoms with Crippen molar-refractivity contribution in [2.24, 2.45) is 5.73 Å². The molecule has 1 rings (SSSR count). The van der Waals surface area contributed by atoms with E-state index < -0.39 is 0 Å². The lowest BCUT2D eigenvalue weighted by Crippen LogP contribution is -2.40. The SMILES string of the molecule is CCCC1N[C@H](C(N)=O)CS1. The molecule has 0 spiro atoms. The van der Waals surface area contributed by atoms with Crippen molar-refractivity contribution < 1.29 is 4.79 Å². The van der Waals surface area contributed by atoms with Crippen molar-refractivity contribution in [1.29, 1.82) is 0 Å². The van der Waals surface area contributed by atoms with Crippen molar-refractivity contribution in [3.05, 3.63) is 0 Å². The molecule has 1 heterocycles. The molecule has 1 amide bonds. The largest absolute Gasteiger partial charge is 0.368 e. The number of amides is 1. The minimum atomic E-state index is -0.226. The van der Waals surface area contributed by atoms with Crippen molar-refractivity contribution in [2.45, 2.75) is 31.2 Å². The molecule has 0 bridgehead atoms. The number of thioether (sulfide) groups is 1. The number of rotatable bonds is 3. The fourth-order valence-corrected chi connectivity index (χ4v) is 2.47. The van der Waals surface area contributed by atoms with E-state index in [2.05, 4.69) is 12.2 Å². The summed E-state index contributed by atoms with van der Waals surface area (Å²) in [4.78, 5) is 10.7. The molecule has 0 aromatic rings. The van der Waals surface area contributed by atoms with Gasteiger partial charge in [-0.05, 0) is 6.42 Å². The highest BCUT2D eigenvalue weighted by Gasteiger charge is 2.26. The highest BCUT2D eigenvalue weighted by Crippen LogP contribution is 2.21. The third-order valence-electron chi connectivity index (χ3n) is 1.75. The molecule has 1 aliphatic rings. The second-order valence-electron chi connectivity index (χ2n) is 2.73. The van der Waals surface area contributed by atoms with Gasteiger partial charge < -0.3 is 5.73 Å². The first-order valence-corrected chi connectivity index (χ1v) is 4.96. The van der Waals surface area contributed by atoms with Crippen LogP contribution >= 0.6 is 11.8 Å². The number of nitrogens with two attached hydrogens (primary N) is 1. The van der Waals surface area contributed by atoms with Gasteiger partial charge in [0.15, 0.2) is 0 Å². The second-order valence-corrected chi connectivity index (χ2v) is 3.97. The number of hydrogen-bond acceptors (Lipinski definition) is 3. The summed E-state index contributed by atoms with van der Waals surface area (Å²) in [6.45, 7) is 2.14. The number of primary amides is 1. The highest BCUT2D eigenvalue weighted by atomic mass is 32.2. The van der Waals surface area contributed by atoms with Crippen LogP contribution in [0.2, 0.25) is 0 Å². The van der Waals surface area contributed by atoms with Crippen LogP contribution in [0.15, 0.2) is 0 Å². The van der Waals surface area contributed by atoms with Crippen LogP contribution in [0.3, 0.4) is 0 Å². The lowest BCUT2D eigenvalue weighted by molar-refractivity contribution is -0.119. The van der Waals surface area contributed by atoms with E-state index in [4.69, 9.17) is 5.73 Å². The first kappa shape index (κ1) is 8.87. The summed E-state index contributed by atoms with van der Waals surface area (Å²) in [6.07, 6.45) is 2.27. The van der Waals surface area contributed by atoms with E-state index in [0.717, 1.165) is 18.6 Å². The maximum atomic E-state index is 10.7. The third kappa shape index (κ3) is 2.38. The Morgan fingerprint density at radius 1 is 1.82 bits per heavy atom. The Balaban J connectivity index is 2.29. The smallest absolute Gasteiger partial charge is 0.235 e. The van der Waals surface area contributed by atoms with Crippen LogP contribution in [0, 0.1) is 0 Å². The van der Waals surface area contributed by atoms with Crippen LogP contribution in [0.1, 0.15) is 19.8 Å². The number of carbonyl (C=O) groups is 1. The molecule has 4 heteroatoms. The molecule has 1 fully saturated rings. The van der Waals surface area contributed by atoms with Crippen molar-refractivity contribution >= 4 is 17.7 Å². The standard InChI is InChI=1S/C7H14N2OS/c1-2-3-6-9-5(4-11-6)7(8)10/h5-6,9H,2-4H2,1H3,(H2,8,10)/t5-,6?/m0/s1. The molecule has 3 nitrogen and oxygen atoms in total. The molecule has 11 heavy (non-hydrogen) atoms. The normalized spacial score (nSPS) is 30.6. The average Bonchev–Trinajstić information content (AvgIpc) is 2.37. The summed E-state index contributed by atoms with van der Waals surface area (Å²) in [5.74, 6) is 0.608. The Bertz CT molecular complexity index is 151. The summed E-state index contributed by atoms with van der Waals surface area (Å²) in [6, 6.07) is -0.100. The van der Waals surface area contributed by atoms with E-state index >= 15 is 0 Å².